The van der Waals surface area contributed by atoms with Crippen LogP contribution >= 0.6 is 0 Å². The van der Waals surface area contributed by atoms with E-state index in [9.17, 15) is 13.6 Å². The molecule has 0 aliphatic heterocycles. The molecule has 1 amide bonds. The van der Waals surface area contributed by atoms with Crippen LogP contribution in [-0.2, 0) is 16.6 Å². The van der Waals surface area contributed by atoms with Crippen molar-refractivity contribution in [1.29, 1.82) is 0 Å². The smallest absolute Gasteiger partial charge is 0.243 e. The summed E-state index contributed by atoms with van der Waals surface area (Å²) >= 11 is 0. The molecule has 32 heavy (non-hydrogen) atoms. The Labute approximate surface area is 186 Å². The van der Waals surface area contributed by atoms with E-state index in [0.717, 1.165) is 36.2 Å². The summed E-state index contributed by atoms with van der Waals surface area (Å²) < 4.78 is 27.9. The van der Waals surface area contributed by atoms with Crippen molar-refractivity contribution in [2.75, 3.05) is 0 Å². The summed E-state index contributed by atoms with van der Waals surface area (Å²) in [5.74, 6) is 0.132. The van der Waals surface area contributed by atoms with Gasteiger partial charge in [0.05, 0.1) is 0 Å². The fourth-order valence-electron chi connectivity index (χ4n) is 4.46. The molecule has 6 heteroatoms. The molecule has 1 aliphatic rings. The van der Waals surface area contributed by atoms with Gasteiger partial charge in [-0.05, 0) is 73.6 Å². The van der Waals surface area contributed by atoms with Gasteiger partial charge in [0.25, 0.3) is 0 Å². The number of allylic oxidation sites excluding steroid dienone is 1. The first-order valence-corrected chi connectivity index (χ1v) is 11.0. The van der Waals surface area contributed by atoms with E-state index < -0.39 is 5.41 Å². The van der Waals surface area contributed by atoms with Gasteiger partial charge in [-0.1, -0.05) is 30.3 Å². The summed E-state index contributed by atoms with van der Waals surface area (Å²) in [5.41, 5.74) is 1.07. The molecule has 3 aromatic rings. The number of hydrogen-bond donors (Lipinski definition) is 2. The van der Waals surface area contributed by atoms with Crippen molar-refractivity contribution in [3.8, 4) is 0 Å². The maximum atomic E-state index is 13.9. The maximum absolute atomic E-state index is 13.9. The van der Waals surface area contributed by atoms with Gasteiger partial charge in [0.15, 0.2) is 0 Å². The lowest BCUT2D eigenvalue weighted by Crippen LogP contribution is -2.31. The molecule has 4 nitrogen and oxygen atoms in total. The Bertz CT molecular complexity index is 1050. The second-order valence-corrected chi connectivity index (χ2v) is 8.50. The number of aryl methyl sites for hydroxylation is 1. The topological polar surface area (TPSA) is 57.8 Å². The molecule has 1 saturated carbocycles. The van der Waals surface area contributed by atoms with Crippen LogP contribution in [0, 0.1) is 17.6 Å². The number of nitrogens with one attached hydrogen (secondary N) is 2. The lowest BCUT2D eigenvalue weighted by atomic mass is 9.85. The third-order valence-electron chi connectivity index (χ3n) is 6.17. The second kappa shape index (κ2) is 9.47. The van der Waals surface area contributed by atoms with E-state index in [0.29, 0.717) is 6.42 Å². The summed E-state index contributed by atoms with van der Waals surface area (Å²) in [6.07, 6.45) is 10.3. The van der Waals surface area contributed by atoms with Crippen molar-refractivity contribution in [2.24, 2.45) is 5.92 Å². The molecule has 0 bridgehead atoms. The van der Waals surface area contributed by atoms with Gasteiger partial charge in [-0.2, -0.15) is 0 Å². The van der Waals surface area contributed by atoms with Crippen molar-refractivity contribution in [3.05, 3.63) is 102 Å². The Morgan fingerprint density at radius 1 is 1.22 bits per heavy atom. The van der Waals surface area contributed by atoms with Crippen LogP contribution in [0.2, 0.25) is 0 Å². The molecule has 1 heterocycles. The van der Waals surface area contributed by atoms with Crippen LogP contribution in [0.3, 0.4) is 0 Å². The van der Waals surface area contributed by atoms with Crippen LogP contribution in [0.5, 0.6) is 0 Å². The molecule has 0 radical (unpaired) electrons. The van der Waals surface area contributed by atoms with Crippen LogP contribution < -0.4 is 5.32 Å². The molecule has 2 N–H and O–H groups in total. The Hall–Kier alpha value is -3.28. The molecular formula is C26H27F2N3O. The third kappa shape index (κ3) is 4.96. The van der Waals surface area contributed by atoms with Gasteiger partial charge >= 0.3 is 0 Å². The van der Waals surface area contributed by atoms with E-state index >= 15 is 0 Å². The summed E-state index contributed by atoms with van der Waals surface area (Å²) in [6.45, 7) is 1.98. The lowest BCUT2D eigenvalue weighted by molar-refractivity contribution is -0.117. The van der Waals surface area contributed by atoms with Gasteiger partial charge < -0.3 is 10.3 Å². The number of aromatic nitrogens is 2. The highest BCUT2D eigenvalue weighted by Gasteiger charge is 2.55. The third-order valence-corrected chi connectivity index (χ3v) is 6.17. The fraction of sp³-hybridized carbons (Fsp3) is 0.308. The highest BCUT2D eigenvalue weighted by atomic mass is 19.1. The minimum absolute atomic E-state index is 0.00823. The van der Waals surface area contributed by atoms with Crippen molar-refractivity contribution in [3.63, 3.8) is 0 Å². The Balaban J connectivity index is 1.40. The normalized spacial score (nSPS) is 17.9. The van der Waals surface area contributed by atoms with Crippen LogP contribution in [-0.4, -0.2) is 21.9 Å². The molecule has 1 aromatic heterocycles. The Kier molecular flexibility index (Phi) is 6.49. The summed E-state index contributed by atoms with van der Waals surface area (Å²) in [6, 6.07) is 12.9. The fourth-order valence-corrected chi connectivity index (χ4v) is 4.46. The van der Waals surface area contributed by atoms with Crippen molar-refractivity contribution < 1.29 is 13.6 Å². The van der Waals surface area contributed by atoms with Gasteiger partial charge in [0.1, 0.15) is 17.5 Å². The highest BCUT2D eigenvalue weighted by molar-refractivity contribution is 5.87. The number of hydrogen-bond acceptors (Lipinski definition) is 2. The Morgan fingerprint density at radius 2 is 1.91 bits per heavy atom. The molecule has 1 aliphatic carbocycles. The average molecular weight is 436 g/mol. The summed E-state index contributed by atoms with van der Waals surface area (Å²) in [7, 11) is 0. The monoisotopic (exact) mass is 435 g/mol. The number of H-pyrrole nitrogens is 1. The number of carbonyl (C=O) groups excluding carboxylic acids is 1. The number of nitrogens with zero attached hydrogens (tertiary/aromatic N) is 1. The number of amides is 1. The van der Waals surface area contributed by atoms with Gasteiger partial charge in [0.2, 0.25) is 5.91 Å². The SMILES string of the molecule is C[C@@H](CCCc1ncc[nH]1)NC(=O)C=C[C@H]1CC1(c1cccc(F)c1)c1cccc(F)c1. The number of benzene rings is 2. The van der Waals surface area contributed by atoms with Crippen LogP contribution in [0.15, 0.2) is 73.1 Å². The molecule has 4 rings (SSSR count). The second-order valence-electron chi connectivity index (χ2n) is 8.50. The quantitative estimate of drug-likeness (QED) is 0.461. The van der Waals surface area contributed by atoms with Crippen molar-refractivity contribution in [2.45, 2.75) is 44.1 Å². The molecular weight excluding hydrogens is 408 g/mol. The van der Waals surface area contributed by atoms with Gasteiger partial charge in [-0.25, -0.2) is 13.8 Å². The van der Waals surface area contributed by atoms with E-state index in [4.69, 9.17) is 0 Å². The van der Waals surface area contributed by atoms with E-state index in [-0.39, 0.29) is 29.5 Å². The van der Waals surface area contributed by atoms with Crippen molar-refractivity contribution in [1.82, 2.24) is 15.3 Å². The molecule has 2 atom stereocenters. The van der Waals surface area contributed by atoms with E-state index in [1.165, 1.54) is 24.3 Å². The largest absolute Gasteiger partial charge is 0.350 e. The number of imidazole rings is 1. The number of halogens is 2. The zero-order valence-corrected chi connectivity index (χ0v) is 18.0. The predicted molar refractivity (Wildman–Crippen MR) is 120 cm³/mol. The van der Waals surface area contributed by atoms with E-state index in [1.807, 2.05) is 25.1 Å². The van der Waals surface area contributed by atoms with Gasteiger partial charge in [0, 0.05) is 30.3 Å². The minimum Gasteiger partial charge on any atom is -0.350 e. The maximum Gasteiger partial charge on any atom is 0.243 e. The number of rotatable bonds is 9. The molecule has 166 valence electrons. The van der Waals surface area contributed by atoms with Crippen molar-refractivity contribution >= 4 is 5.91 Å². The molecule has 1 fully saturated rings. The van der Waals surface area contributed by atoms with Crippen LogP contribution in [0.25, 0.3) is 0 Å². The summed E-state index contributed by atoms with van der Waals surface area (Å²) in [5, 5.41) is 2.99. The van der Waals surface area contributed by atoms with Gasteiger partial charge in [-0.15, -0.1) is 0 Å². The zero-order chi connectivity index (χ0) is 22.6. The number of carbonyl (C=O) groups is 1. The van der Waals surface area contributed by atoms with Crippen LogP contribution in [0.1, 0.15) is 43.1 Å². The first kappa shape index (κ1) is 21.9. The predicted octanol–water partition coefficient (Wildman–Crippen LogP) is 5.08. The standard InChI is InChI=1S/C26H27F2N3O/c1-18(5-2-10-24-29-13-14-30-24)31-25(32)12-11-21-17-26(21,19-6-3-8-22(27)15-19)20-7-4-9-23(28)16-20/h3-4,6-9,11-16,18,21H,2,5,10,17H2,1H3,(H,29,30)(H,31,32)/t18-,21-/m0/s1. The first-order chi connectivity index (χ1) is 15.5. The molecule has 0 saturated heterocycles. The minimum atomic E-state index is -0.518. The van der Waals surface area contributed by atoms with Gasteiger partial charge in [-0.3, -0.25) is 4.79 Å². The Morgan fingerprint density at radius 3 is 2.50 bits per heavy atom. The first-order valence-electron chi connectivity index (χ1n) is 11.0. The zero-order valence-electron chi connectivity index (χ0n) is 18.0. The highest BCUT2D eigenvalue weighted by Crippen LogP contribution is 2.59. The van der Waals surface area contributed by atoms with E-state index in [2.05, 4.69) is 15.3 Å². The van der Waals surface area contributed by atoms with E-state index in [1.54, 1.807) is 30.6 Å². The molecule has 2 aromatic carbocycles. The number of aromatic amines is 1. The summed E-state index contributed by atoms with van der Waals surface area (Å²) in [4.78, 5) is 19.7. The van der Waals surface area contributed by atoms with Crippen LogP contribution in [0.4, 0.5) is 8.78 Å². The lowest BCUT2D eigenvalue weighted by Gasteiger charge is -2.18. The average Bonchev–Trinajstić information content (AvgIpc) is 3.28. The molecule has 0 spiro atoms. The molecule has 0 unspecified atom stereocenters.